The minimum Gasteiger partial charge on any atom is -0.353 e. The molecule has 0 aliphatic heterocycles. The monoisotopic (exact) mass is 364 g/mol. The average Bonchev–Trinajstić information content (AvgIpc) is 3.06. The lowest BCUT2D eigenvalue weighted by Gasteiger charge is -2.00. The largest absolute Gasteiger partial charge is 0.353 e. The second-order valence-electron chi connectivity index (χ2n) is 5.57. The van der Waals surface area contributed by atoms with Gasteiger partial charge in [-0.25, -0.2) is 4.98 Å². The molecule has 4 nitrogen and oxygen atoms in total. The van der Waals surface area contributed by atoms with Gasteiger partial charge in [-0.2, -0.15) is 0 Å². The van der Waals surface area contributed by atoms with Crippen molar-refractivity contribution in [3.05, 3.63) is 40.4 Å². The maximum absolute atomic E-state index is 11.4. The predicted molar refractivity (Wildman–Crippen MR) is 98.4 cm³/mol. The number of carbonyl (C=O) groups is 2. The van der Waals surface area contributed by atoms with Crippen molar-refractivity contribution < 1.29 is 9.59 Å². The number of benzene rings is 1. The van der Waals surface area contributed by atoms with Gasteiger partial charge in [0.1, 0.15) is 5.01 Å². The maximum Gasteiger partial charge on any atom is 0.287 e. The van der Waals surface area contributed by atoms with Crippen molar-refractivity contribution in [2.24, 2.45) is 0 Å². The number of carbonyl (C=O) groups excluding carboxylic acids is 2. The van der Waals surface area contributed by atoms with Crippen molar-refractivity contribution in [2.75, 3.05) is 7.05 Å². The number of nitrogens with zero attached hydrogens (tertiary/aromatic N) is 1. The van der Waals surface area contributed by atoms with E-state index in [-0.39, 0.29) is 5.78 Å². The minimum atomic E-state index is -0.493. The van der Waals surface area contributed by atoms with E-state index >= 15 is 0 Å². The molecule has 0 saturated carbocycles. The number of halogens is 1. The van der Waals surface area contributed by atoms with Gasteiger partial charge in [0.15, 0.2) is 0 Å². The van der Waals surface area contributed by atoms with Crippen LogP contribution in [0.15, 0.2) is 29.6 Å². The minimum absolute atomic E-state index is 0.329. The van der Waals surface area contributed by atoms with Crippen molar-refractivity contribution in [2.45, 2.75) is 38.5 Å². The van der Waals surface area contributed by atoms with E-state index in [9.17, 15) is 9.59 Å². The molecule has 1 heterocycles. The van der Waals surface area contributed by atoms with Gasteiger partial charge in [0.2, 0.25) is 5.78 Å². The number of rotatable bonds is 9. The number of hydrogen-bond acceptors (Lipinski definition) is 4. The molecule has 2 aromatic rings. The first kappa shape index (κ1) is 18.6. The number of nitrogens with one attached hydrogen (secondary N) is 1. The Morgan fingerprint density at radius 2 is 1.83 bits per heavy atom. The highest BCUT2D eigenvalue weighted by Gasteiger charge is 2.10. The summed E-state index contributed by atoms with van der Waals surface area (Å²) in [5.41, 5.74) is 2.19. The number of Topliss-reactive ketones (excluding diaryl/α,β-unsaturated/α-hetero) is 1. The van der Waals surface area contributed by atoms with Crippen molar-refractivity contribution >= 4 is 34.6 Å². The fraction of sp³-hybridized carbons (Fsp3) is 0.389. The van der Waals surface area contributed by atoms with Gasteiger partial charge in [-0.05, 0) is 31.4 Å². The zero-order valence-corrected chi connectivity index (χ0v) is 15.3. The van der Waals surface area contributed by atoms with Crippen LogP contribution in [0.3, 0.4) is 0 Å². The van der Waals surface area contributed by atoms with Gasteiger partial charge in [0.05, 0.1) is 5.69 Å². The van der Waals surface area contributed by atoms with Crippen LogP contribution in [0.2, 0.25) is 5.02 Å². The fourth-order valence-corrected chi connectivity index (χ4v) is 3.33. The lowest BCUT2D eigenvalue weighted by Crippen LogP contribution is -2.27. The Bertz CT molecular complexity index is 683. The number of likely N-dealkylation sites (N-methyl/N-ethyl adjacent to an activating group) is 1. The number of amides is 1. The highest BCUT2D eigenvalue weighted by atomic mass is 35.5. The van der Waals surface area contributed by atoms with E-state index in [1.54, 1.807) is 11.3 Å². The SMILES string of the molecule is CNC(=O)C(=O)CCCCCCc1csc(-c2ccc(Cl)cc2)n1. The van der Waals surface area contributed by atoms with Gasteiger partial charge in [-0.15, -0.1) is 11.3 Å². The zero-order chi connectivity index (χ0) is 17.4. The Kier molecular flexibility index (Phi) is 7.40. The predicted octanol–water partition coefficient (Wildman–Crippen LogP) is 4.27. The molecule has 0 radical (unpaired) electrons. The lowest BCUT2D eigenvalue weighted by atomic mass is 10.1. The van der Waals surface area contributed by atoms with Crippen LogP contribution in [0.25, 0.3) is 10.6 Å². The number of aryl methyl sites for hydroxylation is 1. The quantitative estimate of drug-likeness (QED) is 0.534. The summed E-state index contributed by atoms with van der Waals surface area (Å²) in [6.45, 7) is 0. The highest BCUT2D eigenvalue weighted by Crippen LogP contribution is 2.25. The molecule has 24 heavy (non-hydrogen) atoms. The van der Waals surface area contributed by atoms with Crippen molar-refractivity contribution in [1.82, 2.24) is 10.3 Å². The highest BCUT2D eigenvalue weighted by molar-refractivity contribution is 7.13. The molecule has 6 heteroatoms. The molecule has 2 rings (SSSR count). The molecular formula is C18H21ClN2O2S. The Morgan fingerprint density at radius 1 is 1.12 bits per heavy atom. The van der Waals surface area contributed by atoms with Gasteiger partial charge in [-0.3, -0.25) is 9.59 Å². The number of thiazole rings is 1. The molecule has 1 aromatic heterocycles. The van der Waals surface area contributed by atoms with Crippen LogP contribution in [-0.4, -0.2) is 23.7 Å². The summed E-state index contributed by atoms with van der Waals surface area (Å²) in [7, 11) is 1.48. The lowest BCUT2D eigenvalue weighted by molar-refractivity contribution is -0.137. The molecule has 0 aliphatic rings. The first-order valence-electron chi connectivity index (χ1n) is 8.05. The summed E-state index contributed by atoms with van der Waals surface area (Å²) in [6, 6.07) is 7.71. The summed E-state index contributed by atoms with van der Waals surface area (Å²) < 4.78 is 0. The van der Waals surface area contributed by atoms with Crippen LogP contribution >= 0.6 is 22.9 Å². The molecular weight excluding hydrogens is 344 g/mol. The molecule has 0 spiro atoms. The number of unbranched alkanes of at least 4 members (excludes halogenated alkanes) is 3. The molecule has 1 amide bonds. The van der Waals surface area contributed by atoms with E-state index in [2.05, 4.69) is 15.7 Å². The Labute approximate surface area is 151 Å². The first-order valence-corrected chi connectivity index (χ1v) is 9.31. The van der Waals surface area contributed by atoms with Crippen molar-refractivity contribution in [3.63, 3.8) is 0 Å². The normalized spacial score (nSPS) is 10.6. The standard InChI is InChI=1S/C18H21ClN2O2S/c1-20-17(23)16(22)7-5-3-2-4-6-15-12-24-18(21-15)13-8-10-14(19)11-9-13/h8-12H,2-7H2,1H3,(H,20,23). The van der Waals surface area contributed by atoms with E-state index in [4.69, 9.17) is 11.6 Å². The summed E-state index contributed by atoms with van der Waals surface area (Å²) in [5.74, 6) is -0.822. The summed E-state index contributed by atoms with van der Waals surface area (Å²) in [5, 5.41) is 6.19. The number of ketones is 1. The molecule has 128 valence electrons. The van der Waals surface area contributed by atoms with Crippen LogP contribution < -0.4 is 5.32 Å². The molecule has 0 bridgehead atoms. The first-order chi connectivity index (χ1) is 11.6. The third kappa shape index (κ3) is 5.73. The second-order valence-corrected chi connectivity index (χ2v) is 6.86. The average molecular weight is 365 g/mol. The van der Waals surface area contributed by atoms with Crippen LogP contribution in [0.1, 0.15) is 37.8 Å². The Balaban J connectivity index is 1.67. The van der Waals surface area contributed by atoms with E-state index < -0.39 is 5.91 Å². The van der Waals surface area contributed by atoms with E-state index in [0.29, 0.717) is 6.42 Å². The third-order valence-corrected chi connectivity index (χ3v) is 4.90. The third-order valence-electron chi connectivity index (χ3n) is 3.71. The molecule has 0 saturated heterocycles. The van der Waals surface area contributed by atoms with E-state index in [1.165, 1.54) is 7.05 Å². The molecule has 0 fully saturated rings. The summed E-state index contributed by atoms with van der Waals surface area (Å²) >= 11 is 7.54. The summed E-state index contributed by atoms with van der Waals surface area (Å²) in [4.78, 5) is 27.1. The molecule has 0 aliphatic carbocycles. The van der Waals surface area contributed by atoms with Crippen LogP contribution in [-0.2, 0) is 16.0 Å². The number of hydrogen-bond donors (Lipinski definition) is 1. The van der Waals surface area contributed by atoms with Gasteiger partial charge in [0.25, 0.3) is 5.91 Å². The fourth-order valence-electron chi connectivity index (χ4n) is 2.35. The van der Waals surface area contributed by atoms with E-state index in [0.717, 1.165) is 53.4 Å². The van der Waals surface area contributed by atoms with E-state index in [1.807, 2.05) is 24.3 Å². The maximum atomic E-state index is 11.4. The second kappa shape index (κ2) is 9.55. The van der Waals surface area contributed by atoms with Gasteiger partial charge >= 0.3 is 0 Å². The van der Waals surface area contributed by atoms with Gasteiger partial charge < -0.3 is 5.32 Å². The van der Waals surface area contributed by atoms with Crippen molar-refractivity contribution in [3.8, 4) is 10.6 Å². The van der Waals surface area contributed by atoms with Gasteiger partial charge in [-0.1, -0.05) is 36.6 Å². The molecule has 1 N–H and O–H groups in total. The van der Waals surface area contributed by atoms with Crippen LogP contribution in [0, 0.1) is 0 Å². The zero-order valence-electron chi connectivity index (χ0n) is 13.7. The van der Waals surface area contributed by atoms with Gasteiger partial charge in [0, 0.05) is 29.4 Å². The Morgan fingerprint density at radius 3 is 2.54 bits per heavy atom. The smallest absolute Gasteiger partial charge is 0.287 e. The Hall–Kier alpha value is -1.72. The number of aromatic nitrogens is 1. The molecule has 0 unspecified atom stereocenters. The summed E-state index contributed by atoms with van der Waals surface area (Å²) in [6.07, 6.45) is 5.06. The molecule has 1 aromatic carbocycles. The topological polar surface area (TPSA) is 59.1 Å². The molecule has 0 atom stereocenters. The van der Waals surface area contributed by atoms with Crippen LogP contribution in [0.4, 0.5) is 0 Å². The van der Waals surface area contributed by atoms with Crippen molar-refractivity contribution in [1.29, 1.82) is 0 Å². The van der Waals surface area contributed by atoms with Crippen LogP contribution in [0.5, 0.6) is 0 Å².